The largest absolute Gasteiger partial charge is 0.508 e. The number of aromatic hydroxyl groups is 1. The molecule has 0 aliphatic heterocycles. The van der Waals surface area contributed by atoms with Crippen molar-refractivity contribution in [2.24, 2.45) is 0 Å². The Morgan fingerprint density at radius 2 is 2.12 bits per heavy atom. The molecule has 0 atom stereocenters. The van der Waals surface area contributed by atoms with Crippen LogP contribution in [-0.2, 0) is 6.42 Å². The Balaban J connectivity index is 2.15. The van der Waals surface area contributed by atoms with E-state index in [1.165, 1.54) is 19.3 Å². The van der Waals surface area contributed by atoms with E-state index in [1.54, 1.807) is 12.1 Å². The minimum absolute atomic E-state index is 0.331. The van der Waals surface area contributed by atoms with Gasteiger partial charge in [0.2, 0.25) is 0 Å². The predicted octanol–water partition coefficient (Wildman–Crippen LogP) is 2.79. The highest BCUT2D eigenvalue weighted by atomic mass is 16.3. The zero-order chi connectivity index (χ0) is 11.4. The third-order valence-electron chi connectivity index (χ3n) is 2.86. The maximum Gasteiger partial charge on any atom is 0.121 e. The summed E-state index contributed by atoms with van der Waals surface area (Å²) in [5.74, 6) is 0.331. The third kappa shape index (κ3) is 2.15. The zero-order valence-corrected chi connectivity index (χ0v) is 9.53. The van der Waals surface area contributed by atoms with Crippen molar-refractivity contribution >= 4 is 11.0 Å². The van der Waals surface area contributed by atoms with Gasteiger partial charge in [0.1, 0.15) is 11.3 Å². The lowest BCUT2D eigenvalue weighted by molar-refractivity contribution is 0.467. The number of phenols is 1. The molecule has 0 saturated heterocycles. The number of benzene rings is 1. The summed E-state index contributed by atoms with van der Waals surface area (Å²) in [5.41, 5.74) is 2.61. The average Bonchev–Trinajstić information content (AvgIpc) is 2.75. The predicted molar refractivity (Wildman–Crippen MR) is 63.4 cm³/mol. The standard InChI is InChI=1S/C12H17N3O/c1-2-3-4-5-6-9-11(16)8-7-10-12(9)14-15-13-10/h7-8,16H,2-6H2,1H3,(H,13,14,15). The Labute approximate surface area is 94.7 Å². The number of aryl methyl sites for hydroxylation is 1. The summed E-state index contributed by atoms with van der Waals surface area (Å²) in [6, 6.07) is 3.51. The lowest BCUT2D eigenvalue weighted by Gasteiger charge is -2.04. The van der Waals surface area contributed by atoms with Gasteiger partial charge in [-0.25, -0.2) is 0 Å². The van der Waals surface area contributed by atoms with Crippen molar-refractivity contribution < 1.29 is 5.11 Å². The molecule has 0 spiro atoms. The normalized spacial score (nSPS) is 11.1. The fourth-order valence-electron chi connectivity index (χ4n) is 1.93. The summed E-state index contributed by atoms with van der Waals surface area (Å²) in [6.07, 6.45) is 5.63. The summed E-state index contributed by atoms with van der Waals surface area (Å²) in [7, 11) is 0. The number of hydrogen-bond donors (Lipinski definition) is 2. The van der Waals surface area contributed by atoms with Crippen LogP contribution in [0.3, 0.4) is 0 Å². The monoisotopic (exact) mass is 219 g/mol. The van der Waals surface area contributed by atoms with Crippen molar-refractivity contribution in [2.45, 2.75) is 39.0 Å². The van der Waals surface area contributed by atoms with E-state index in [2.05, 4.69) is 22.3 Å². The first-order valence-electron chi connectivity index (χ1n) is 5.84. The van der Waals surface area contributed by atoms with Crippen LogP contribution in [0.4, 0.5) is 0 Å². The molecule has 1 aromatic heterocycles. The number of unbranched alkanes of at least 4 members (excludes halogenated alkanes) is 3. The van der Waals surface area contributed by atoms with Crippen LogP contribution in [0.2, 0.25) is 0 Å². The maximum atomic E-state index is 9.80. The van der Waals surface area contributed by atoms with Crippen molar-refractivity contribution in [1.29, 1.82) is 0 Å². The van der Waals surface area contributed by atoms with Gasteiger partial charge in [0.05, 0.1) is 5.52 Å². The molecule has 4 nitrogen and oxygen atoms in total. The summed E-state index contributed by atoms with van der Waals surface area (Å²) in [4.78, 5) is 0. The number of H-pyrrole nitrogens is 1. The zero-order valence-electron chi connectivity index (χ0n) is 9.53. The number of nitrogens with zero attached hydrogens (tertiary/aromatic N) is 2. The van der Waals surface area contributed by atoms with Crippen LogP contribution in [0.5, 0.6) is 5.75 Å². The quantitative estimate of drug-likeness (QED) is 0.760. The SMILES string of the molecule is CCCCCCc1c(O)ccc2[nH]nnc12. The second-order valence-corrected chi connectivity index (χ2v) is 4.08. The van der Waals surface area contributed by atoms with Crippen LogP contribution in [0.15, 0.2) is 12.1 Å². The van der Waals surface area contributed by atoms with Gasteiger partial charge in [0, 0.05) is 5.56 Å². The minimum atomic E-state index is 0.331. The molecule has 2 rings (SSSR count). The lowest BCUT2D eigenvalue weighted by Crippen LogP contribution is -1.89. The van der Waals surface area contributed by atoms with Crippen molar-refractivity contribution in [3.8, 4) is 5.75 Å². The molecule has 1 aromatic carbocycles. The molecule has 1 heterocycles. The topological polar surface area (TPSA) is 61.8 Å². The Morgan fingerprint density at radius 3 is 2.94 bits per heavy atom. The van der Waals surface area contributed by atoms with Gasteiger partial charge >= 0.3 is 0 Å². The fraction of sp³-hybridized carbons (Fsp3) is 0.500. The van der Waals surface area contributed by atoms with Gasteiger partial charge in [0.15, 0.2) is 0 Å². The van der Waals surface area contributed by atoms with Gasteiger partial charge in [0.25, 0.3) is 0 Å². The van der Waals surface area contributed by atoms with E-state index in [0.717, 1.165) is 29.4 Å². The van der Waals surface area contributed by atoms with Crippen molar-refractivity contribution in [3.05, 3.63) is 17.7 Å². The summed E-state index contributed by atoms with van der Waals surface area (Å²) < 4.78 is 0. The highest BCUT2D eigenvalue weighted by molar-refractivity contribution is 5.79. The second kappa shape index (κ2) is 4.96. The molecule has 0 saturated carbocycles. The summed E-state index contributed by atoms with van der Waals surface area (Å²) in [5, 5.41) is 20.4. The molecule has 0 aliphatic rings. The summed E-state index contributed by atoms with van der Waals surface area (Å²) >= 11 is 0. The van der Waals surface area contributed by atoms with E-state index in [-0.39, 0.29) is 0 Å². The first kappa shape index (κ1) is 10.9. The van der Waals surface area contributed by atoms with Gasteiger partial charge in [-0.2, -0.15) is 0 Å². The highest BCUT2D eigenvalue weighted by Crippen LogP contribution is 2.26. The first-order chi connectivity index (χ1) is 7.83. The Hall–Kier alpha value is -1.58. The smallest absolute Gasteiger partial charge is 0.121 e. The molecule has 0 bridgehead atoms. The number of nitrogens with one attached hydrogen (secondary N) is 1. The Kier molecular flexibility index (Phi) is 3.39. The van der Waals surface area contributed by atoms with Gasteiger partial charge in [-0.15, -0.1) is 5.10 Å². The van der Waals surface area contributed by atoms with Gasteiger partial charge < -0.3 is 5.11 Å². The minimum Gasteiger partial charge on any atom is -0.508 e. The van der Waals surface area contributed by atoms with E-state index in [4.69, 9.17) is 0 Å². The van der Waals surface area contributed by atoms with Gasteiger partial charge in [-0.3, -0.25) is 5.10 Å². The van der Waals surface area contributed by atoms with Crippen LogP contribution in [0, 0.1) is 0 Å². The molecule has 4 heteroatoms. The molecule has 86 valence electrons. The number of fused-ring (bicyclic) bond motifs is 1. The van der Waals surface area contributed by atoms with E-state index < -0.39 is 0 Å². The second-order valence-electron chi connectivity index (χ2n) is 4.08. The molecule has 0 amide bonds. The molecular formula is C12H17N3O. The molecule has 0 radical (unpaired) electrons. The van der Waals surface area contributed by atoms with Crippen LogP contribution >= 0.6 is 0 Å². The van der Waals surface area contributed by atoms with Crippen molar-refractivity contribution in [2.75, 3.05) is 0 Å². The number of hydrogen-bond acceptors (Lipinski definition) is 3. The maximum absolute atomic E-state index is 9.80. The first-order valence-corrected chi connectivity index (χ1v) is 5.84. The Bertz CT molecular complexity index is 464. The van der Waals surface area contributed by atoms with E-state index in [1.807, 2.05) is 0 Å². The fourth-order valence-corrected chi connectivity index (χ4v) is 1.93. The van der Waals surface area contributed by atoms with Crippen LogP contribution < -0.4 is 0 Å². The van der Waals surface area contributed by atoms with E-state index >= 15 is 0 Å². The molecule has 2 N–H and O–H groups in total. The molecule has 0 fully saturated rings. The lowest BCUT2D eigenvalue weighted by atomic mass is 10.0. The molecule has 0 unspecified atom stereocenters. The molecule has 0 aliphatic carbocycles. The molecular weight excluding hydrogens is 202 g/mol. The van der Waals surface area contributed by atoms with Crippen molar-refractivity contribution in [3.63, 3.8) is 0 Å². The molecule has 2 aromatic rings. The van der Waals surface area contributed by atoms with Gasteiger partial charge in [-0.1, -0.05) is 31.4 Å². The van der Waals surface area contributed by atoms with Gasteiger partial charge in [-0.05, 0) is 25.0 Å². The van der Waals surface area contributed by atoms with Crippen molar-refractivity contribution in [1.82, 2.24) is 15.4 Å². The number of aromatic nitrogens is 3. The Morgan fingerprint density at radius 1 is 1.25 bits per heavy atom. The van der Waals surface area contributed by atoms with Crippen LogP contribution in [0.25, 0.3) is 11.0 Å². The summed E-state index contributed by atoms with van der Waals surface area (Å²) in [6.45, 7) is 2.19. The molecule has 16 heavy (non-hydrogen) atoms. The highest BCUT2D eigenvalue weighted by Gasteiger charge is 2.09. The number of rotatable bonds is 5. The van der Waals surface area contributed by atoms with E-state index in [0.29, 0.717) is 5.75 Å². The number of phenolic OH excluding ortho intramolecular Hbond substituents is 1. The number of aromatic amines is 1. The van der Waals surface area contributed by atoms with Crippen LogP contribution in [0.1, 0.15) is 38.2 Å². The van der Waals surface area contributed by atoms with E-state index in [9.17, 15) is 5.11 Å². The average molecular weight is 219 g/mol. The van der Waals surface area contributed by atoms with Crippen LogP contribution in [-0.4, -0.2) is 20.5 Å². The third-order valence-corrected chi connectivity index (χ3v) is 2.86.